The first kappa shape index (κ1) is 20.3. The summed E-state index contributed by atoms with van der Waals surface area (Å²) in [4.78, 5) is 1.74. The molecule has 2 aromatic rings. The van der Waals surface area contributed by atoms with E-state index in [0.717, 1.165) is 6.42 Å². The van der Waals surface area contributed by atoms with Crippen LogP contribution in [-0.4, -0.2) is 18.8 Å². The molecule has 166 valence electrons. The summed E-state index contributed by atoms with van der Waals surface area (Å²) in [6.07, 6.45) is 13.8. The van der Waals surface area contributed by atoms with Crippen LogP contribution in [0.1, 0.15) is 74.8 Å². The molecule has 0 unspecified atom stereocenters. The van der Waals surface area contributed by atoms with Crippen LogP contribution in [0.25, 0.3) is 6.08 Å². The summed E-state index contributed by atoms with van der Waals surface area (Å²) < 4.78 is 7.38. The number of quaternary nitrogens is 1. The van der Waals surface area contributed by atoms with Gasteiger partial charge in [-0.15, -0.1) is 0 Å². The minimum Gasteiger partial charge on any atom is -0.440 e. The molecule has 0 amide bonds. The molecule has 3 atom stereocenters. The van der Waals surface area contributed by atoms with Crippen LogP contribution in [0.3, 0.4) is 0 Å². The van der Waals surface area contributed by atoms with E-state index < -0.39 is 0 Å². The predicted molar refractivity (Wildman–Crippen MR) is 130 cm³/mol. The number of likely N-dealkylation sites (tertiary alicyclic amines) is 1. The van der Waals surface area contributed by atoms with E-state index >= 15 is 0 Å². The van der Waals surface area contributed by atoms with Gasteiger partial charge in [0.15, 0.2) is 0 Å². The molecule has 2 aliphatic carbocycles. The Morgan fingerprint density at radius 2 is 1.56 bits per heavy atom. The van der Waals surface area contributed by atoms with Crippen LogP contribution < -0.4 is 4.90 Å². The Kier molecular flexibility index (Phi) is 5.43. The molecular formula is C30H36NO+. The minimum atomic E-state index is -0.0405. The van der Waals surface area contributed by atoms with E-state index in [1.165, 1.54) is 86.9 Å². The number of rotatable bonds is 3. The topological polar surface area (TPSA) is 13.7 Å². The van der Waals surface area contributed by atoms with E-state index in [2.05, 4.69) is 66.7 Å². The van der Waals surface area contributed by atoms with Crippen LogP contribution in [0.15, 0.2) is 77.6 Å². The van der Waals surface area contributed by atoms with Gasteiger partial charge in [-0.1, -0.05) is 67.1 Å². The number of ether oxygens (including phenoxy) is 1. The van der Waals surface area contributed by atoms with Crippen molar-refractivity contribution < 1.29 is 9.64 Å². The highest BCUT2D eigenvalue weighted by Gasteiger charge is 2.59. The number of benzene rings is 2. The highest BCUT2D eigenvalue weighted by Crippen LogP contribution is 2.54. The van der Waals surface area contributed by atoms with Crippen LogP contribution in [-0.2, 0) is 4.74 Å². The SMILES string of the molecule is C(=C1/CCCC2=C1O[C@]1([NH+]3CCCC3)CCCC[C@H]1[C@@H]2c1ccccc1)/c1ccccc1. The van der Waals surface area contributed by atoms with Gasteiger partial charge in [0.2, 0.25) is 5.72 Å². The third kappa shape index (κ3) is 3.44. The molecule has 2 aromatic carbocycles. The zero-order chi connectivity index (χ0) is 21.4. The first-order valence-electron chi connectivity index (χ1n) is 12.9. The normalized spacial score (nSPS) is 31.8. The Balaban J connectivity index is 1.52. The quantitative estimate of drug-likeness (QED) is 0.646. The molecule has 4 aliphatic rings. The maximum absolute atomic E-state index is 7.38. The van der Waals surface area contributed by atoms with Gasteiger partial charge in [0.25, 0.3) is 0 Å². The Morgan fingerprint density at radius 1 is 0.812 bits per heavy atom. The van der Waals surface area contributed by atoms with Crippen molar-refractivity contribution >= 4 is 6.08 Å². The van der Waals surface area contributed by atoms with Crippen molar-refractivity contribution in [1.82, 2.24) is 0 Å². The first-order valence-corrected chi connectivity index (χ1v) is 12.9. The molecule has 2 nitrogen and oxygen atoms in total. The lowest BCUT2D eigenvalue weighted by atomic mass is 9.64. The second-order valence-corrected chi connectivity index (χ2v) is 10.3. The third-order valence-corrected chi connectivity index (χ3v) is 8.55. The summed E-state index contributed by atoms with van der Waals surface area (Å²) in [5.74, 6) is 2.38. The Hall–Kier alpha value is -2.32. The molecule has 2 heteroatoms. The van der Waals surface area contributed by atoms with E-state index in [1.54, 1.807) is 10.5 Å². The monoisotopic (exact) mass is 426 g/mol. The van der Waals surface area contributed by atoms with Gasteiger partial charge in [0.1, 0.15) is 5.76 Å². The molecule has 6 rings (SSSR count). The lowest BCUT2D eigenvalue weighted by molar-refractivity contribution is -0.975. The van der Waals surface area contributed by atoms with Gasteiger partial charge in [0.05, 0.1) is 19.0 Å². The van der Waals surface area contributed by atoms with Crippen molar-refractivity contribution in [2.45, 2.75) is 69.4 Å². The Morgan fingerprint density at radius 3 is 2.34 bits per heavy atom. The van der Waals surface area contributed by atoms with E-state index in [9.17, 15) is 0 Å². The molecular weight excluding hydrogens is 390 g/mol. The Bertz CT molecular complexity index is 1000. The smallest absolute Gasteiger partial charge is 0.245 e. The highest BCUT2D eigenvalue weighted by molar-refractivity contribution is 5.60. The lowest BCUT2D eigenvalue weighted by Crippen LogP contribution is -3.20. The predicted octanol–water partition coefficient (Wildman–Crippen LogP) is 5.89. The summed E-state index contributed by atoms with van der Waals surface area (Å²) in [5, 5.41) is 0. The minimum absolute atomic E-state index is 0.0405. The number of hydrogen-bond acceptors (Lipinski definition) is 1. The molecule has 1 saturated carbocycles. The molecule has 1 saturated heterocycles. The van der Waals surface area contributed by atoms with Crippen LogP contribution in [0.4, 0.5) is 0 Å². The summed E-state index contributed by atoms with van der Waals surface area (Å²) >= 11 is 0. The number of nitrogens with one attached hydrogen (secondary N) is 1. The average molecular weight is 427 g/mol. The van der Waals surface area contributed by atoms with Crippen molar-refractivity contribution in [1.29, 1.82) is 0 Å². The molecule has 32 heavy (non-hydrogen) atoms. The average Bonchev–Trinajstić information content (AvgIpc) is 3.40. The van der Waals surface area contributed by atoms with E-state index in [4.69, 9.17) is 4.74 Å². The number of allylic oxidation sites excluding steroid dienone is 2. The van der Waals surface area contributed by atoms with Crippen LogP contribution in [0.5, 0.6) is 0 Å². The van der Waals surface area contributed by atoms with E-state index in [0.29, 0.717) is 11.8 Å². The van der Waals surface area contributed by atoms with Crippen LogP contribution in [0.2, 0.25) is 0 Å². The van der Waals surface area contributed by atoms with Gasteiger partial charge < -0.3 is 4.74 Å². The molecule has 2 fully saturated rings. The van der Waals surface area contributed by atoms with Crippen molar-refractivity contribution in [2.24, 2.45) is 5.92 Å². The van der Waals surface area contributed by atoms with Gasteiger partial charge in [-0.2, -0.15) is 0 Å². The fraction of sp³-hybridized carbons (Fsp3) is 0.467. The maximum atomic E-state index is 7.38. The lowest BCUT2D eigenvalue weighted by Gasteiger charge is -2.54. The Labute approximate surface area is 193 Å². The van der Waals surface area contributed by atoms with Crippen molar-refractivity contribution in [3.8, 4) is 0 Å². The zero-order valence-corrected chi connectivity index (χ0v) is 19.2. The fourth-order valence-electron chi connectivity index (χ4n) is 7.21. The molecule has 2 heterocycles. The number of hydrogen-bond donors (Lipinski definition) is 1. The third-order valence-electron chi connectivity index (χ3n) is 8.55. The van der Waals surface area contributed by atoms with Crippen molar-refractivity contribution in [3.05, 3.63) is 88.7 Å². The van der Waals surface area contributed by atoms with Crippen molar-refractivity contribution in [3.63, 3.8) is 0 Å². The first-order chi connectivity index (χ1) is 15.9. The second-order valence-electron chi connectivity index (χ2n) is 10.3. The van der Waals surface area contributed by atoms with Gasteiger partial charge in [-0.3, -0.25) is 4.90 Å². The number of fused-ring (bicyclic) bond motifs is 1. The zero-order valence-electron chi connectivity index (χ0n) is 19.2. The summed E-state index contributed by atoms with van der Waals surface area (Å²) in [7, 11) is 0. The standard InChI is InChI=1S/C30H35NO/c1-3-12-23(13-4-1)22-25-16-11-17-26-28(24-14-5-2-6-15-24)27-18-7-8-19-30(27,32-29(25)26)31-20-9-10-21-31/h1-6,12-15,22,27-28H,7-11,16-21H2/p+1/b25-22+/t27-,28+,30+/m0/s1. The largest absolute Gasteiger partial charge is 0.440 e. The van der Waals surface area contributed by atoms with Gasteiger partial charge in [-0.05, 0) is 60.5 Å². The summed E-state index contributed by atoms with van der Waals surface area (Å²) in [5.41, 5.74) is 5.79. The van der Waals surface area contributed by atoms with Gasteiger partial charge in [-0.25, -0.2) is 0 Å². The molecule has 0 bridgehead atoms. The molecule has 0 radical (unpaired) electrons. The maximum Gasteiger partial charge on any atom is 0.245 e. The van der Waals surface area contributed by atoms with E-state index in [1.807, 2.05) is 0 Å². The molecule has 1 N–H and O–H groups in total. The fourth-order valence-corrected chi connectivity index (χ4v) is 7.21. The van der Waals surface area contributed by atoms with Gasteiger partial charge in [0, 0.05) is 25.2 Å². The summed E-state index contributed by atoms with van der Waals surface area (Å²) in [6, 6.07) is 22.3. The van der Waals surface area contributed by atoms with Crippen LogP contribution in [0, 0.1) is 5.92 Å². The van der Waals surface area contributed by atoms with Crippen molar-refractivity contribution in [2.75, 3.05) is 13.1 Å². The van der Waals surface area contributed by atoms with Crippen LogP contribution >= 0.6 is 0 Å². The second kappa shape index (κ2) is 8.56. The summed E-state index contributed by atoms with van der Waals surface area (Å²) in [6.45, 7) is 2.55. The molecule has 0 aromatic heterocycles. The van der Waals surface area contributed by atoms with Gasteiger partial charge >= 0.3 is 0 Å². The molecule has 2 aliphatic heterocycles. The van der Waals surface area contributed by atoms with E-state index in [-0.39, 0.29) is 5.72 Å². The molecule has 0 spiro atoms. The highest BCUT2D eigenvalue weighted by atomic mass is 16.5.